The Morgan fingerprint density at radius 1 is 1.11 bits per heavy atom. The van der Waals surface area contributed by atoms with Gasteiger partial charge in [-0.25, -0.2) is 0 Å². The number of rotatable bonds is 3. The monoisotopic (exact) mass is 336 g/mol. The standard InChI is InChI=1S/C15H14BrClN2/c1-19(2)13-6-3-11(4-7-13)10-18-12-5-8-14(16)15(17)9-12/h3-10H,1-2H3. The molecule has 2 nitrogen and oxygen atoms in total. The maximum absolute atomic E-state index is 6.02. The molecule has 98 valence electrons. The van der Waals surface area contributed by atoms with Crippen LogP contribution in [0.25, 0.3) is 0 Å². The first kappa shape index (κ1) is 14.1. The van der Waals surface area contributed by atoms with Crippen LogP contribution in [0, 0.1) is 0 Å². The number of benzene rings is 2. The van der Waals surface area contributed by atoms with Gasteiger partial charge in [-0.15, -0.1) is 0 Å². The van der Waals surface area contributed by atoms with Crippen molar-refractivity contribution in [2.75, 3.05) is 19.0 Å². The molecule has 2 aromatic rings. The minimum Gasteiger partial charge on any atom is -0.378 e. The molecule has 2 aromatic carbocycles. The van der Waals surface area contributed by atoms with Crippen molar-refractivity contribution in [2.24, 2.45) is 4.99 Å². The second kappa shape index (κ2) is 6.22. The zero-order valence-corrected chi connectivity index (χ0v) is 13.1. The zero-order chi connectivity index (χ0) is 13.8. The Morgan fingerprint density at radius 2 is 1.79 bits per heavy atom. The van der Waals surface area contributed by atoms with Gasteiger partial charge in [0, 0.05) is 30.5 Å². The summed E-state index contributed by atoms with van der Waals surface area (Å²) in [4.78, 5) is 6.47. The quantitative estimate of drug-likeness (QED) is 0.726. The van der Waals surface area contributed by atoms with E-state index in [0.717, 1.165) is 15.7 Å². The van der Waals surface area contributed by atoms with Gasteiger partial charge < -0.3 is 4.90 Å². The number of hydrogen-bond donors (Lipinski definition) is 0. The highest BCUT2D eigenvalue weighted by molar-refractivity contribution is 9.10. The lowest BCUT2D eigenvalue weighted by Gasteiger charge is -2.11. The Kier molecular flexibility index (Phi) is 4.61. The lowest BCUT2D eigenvalue weighted by atomic mass is 10.2. The van der Waals surface area contributed by atoms with E-state index in [0.29, 0.717) is 5.02 Å². The average molecular weight is 338 g/mol. The summed E-state index contributed by atoms with van der Waals surface area (Å²) in [5.41, 5.74) is 3.07. The minimum absolute atomic E-state index is 0.664. The largest absolute Gasteiger partial charge is 0.378 e. The summed E-state index contributed by atoms with van der Waals surface area (Å²) in [7, 11) is 4.04. The maximum Gasteiger partial charge on any atom is 0.0645 e. The summed E-state index contributed by atoms with van der Waals surface area (Å²) in [5.74, 6) is 0. The molecule has 0 amide bonds. The number of aliphatic imine (C=N–C) groups is 1. The highest BCUT2D eigenvalue weighted by Crippen LogP contribution is 2.26. The van der Waals surface area contributed by atoms with Crippen LogP contribution in [0.1, 0.15) is 5.56 Å². The van der Waals surface area contributed by atoms with Gasteiger partial charge in [0.1, 0.15) is 0 Å². The zero-order valence-electron chi connectivity index (χ0n) is 10.8. The van der Waals surface area contributed by atoms with Gasteiger partial charge in [0.25, 0.3) is 0 Å². The fraction of sp³-hybridized carbons (Fsp3) is 0.133. The van der Waals surface area contributed by atoms with E-state index in [1.165, 1.54) is 5.69 Å². The van der Waals surface area contributed by atoms with Gasteiger partial charge in [0.05, 0.1) is 10.7 Å². The van der Waals surface area contributed by atoms with Crippen LogP contribution in [0.15, 0.2) is 51.9 Å². The molecule has 0 fully saturated rings. The highest BCUT2D eigenvalue weighted by atomic mass is 79.9. The Balaban J connectivity index is 2.15. The van der Waals surface area contributed by atoms with Gasteiger partial charge in [0.2, 0.25) is 0 Å². The fourth-order valence-electron chi connectivity index (χ4n) is 1.57. The number of nitrogens with zero attached hydrogens (tertiary/aromatic N) is 2. The van der Waals surface area contributed by atoms with Crippen molar-refractivity contribution in [2.45, 2.75) is 0 Å². The summed E-state index contributed by atoms with van der Waals surface area (Å²) in [6.07, 6.45) is 1.83. The first-order valence-corrected chi connectivity index (χ1v) is 7.00. The van der Waals surface area contributed by atoms with Crippen LogP contribution in [0.4, 0.5) is 11.4 Å². The van der Waals surface area contributed by atoms with Gasteiger partial charge >= 0.3 is 0 Å². The van der Waals surface area contributed by atoms with Crippen LogP contribution in [-0.2, 0) is 0 Å². The van der Waals surface area contributed by atoms with Crippen molar-refractivity contribution in [3.63, 3.8) is 0 Å². The Morgan fingerprint density at radius 3 is 2.37 bits per heavy atom. The highest BCUT2D eigenvalue weighted by Gasteiger charge is 1.97. The molecule has 0 heterocycles. The Labute approximate surface area is 126 Å². The van der Waals surface area contributed by atoms with Crippen molar-refractivity contribution >= 4 is 45.1 Å². The van der Waals surface area contributed by atoms with Crippen LogP contribution in [0.2, 0.25) is 5.02 Å². The molecule has 19 heavy (non-hydrogen) atoms. The molecule has 0 aliphatic carbocycles. The molecule has 0 aromatic heterocycles. The minimum atomic E-state index is 0.664. The number of hydrogen-bond acceptors (Lipinski definition) is 2. The third-order valence-corrected chi connectivity index (χ3v) is 3.91. The lowest BCUT2D eigenvalue weighted by Crippen LogP contribution is -2.08. The predicted octanol–water partition coefficient (Wildman–Crippen LogP) is 4.92. The number of halogens is 2. The van der Waals surface area contributed by atoms with Gasteiger partial charge in [-0.05, 0) is 51.8 Å². The van der Waals surface area contributed by atoms with Crippen LogP contribution < -0.4 is 4.90 Å². The molecule has 0 unspecified atom stereocenters. The maximum atomic E-state index is 6.02. The molecule has 4 heteroatoms. The van der Waals surface area contributed by atoms with E-state index < -0.39 is 0 Å². The molecular formula is C15H14BrClN2. The van der Waals surface area contributed by atoms with Gasteiger partial charge in [-0.2, -0.15) is 0 Å². The smallest absolute Gasteiger partial charge is 0.0645 e. The van der Waals surface area contributed by atoms with Crippen molar-refractivity contribution in [1.29, 1.82) is 0 Å². The summed E-state index contributed by atoms with van der Waals surface area (Å²) in [6, 6.07) is 13.9. The van der Waals surface area contributed by atoms with Gasteiger partial charge in [0.15, 0.2) is 0 Å². The Bertz CT molecular complexity index is 592. The van der Waals surface area contributed by atoms with Crippen molar-refractivity contribution in [1.82, 2.24) is 0 Å². The molecule has 0 radical (unpaired) electrons. The second-order valence-corrected chi connectivity index (χ2v) is 5.60. The molecule has 0 aliphatic heterocycles. The van der Waals surface area contributed by atoms with Crippen LogP contribution in [-0.4, -0.2) is 20.3 Å². The van der Waals surface area contributed by atoms with Crippen LogP contribution in [0.3, 0.4) is 0 Å². The van der Waals surface area contributed by atoms with E-state index in [4.69, 9.17) is 11.6 Å². The van der Waals surface area contributed by atoms with E-state index in [1.54, 1.807) is 0 Å². The molecule has 0 saturated heterocycles. The molecule has 0 atom stereocenters. The molecule has 2 rings (SSSR count). The van der Waals surface area contributed by atoms with E-state index in [-0.39, 0.29) is 0 Å². The molecule has 0 saturated carbocycles. The van der Waals surface area contributed by atoms with Crippen molar-refractivity contribution in [3.05, 3.63) is 57.5 Å². The van der Waals surface area contributed by atoms with E-state index in [1.807, 2.05) is 50.6 Å². The first-order chi connectivity index (χ1) is 9.06. The van der Waals surface area contributed by atoms with Crippen LogP contribution >= 0.6 is 27.5 Å². The average Bonchev–Trinajstić information content (AvgIpc) is 2.40. The fourth-order valence-corrected chi connectivity index (χ4v) is 1.99. The SMILES string of the molecule is CN(C)c1ccc(C=Nc2ccc(Br)c(Cl)c2)cc1. The predicted molar refractivity (Wildman–Crippen MR) is 87.2 cm³/mol. The summed E-state index contributed by atoms with van der Waals surface area (Å²) < 4.78 is 0.878. The molecular weight excluding hydrogens is 324 g/mol. The molecule has 0 spiro atoms. The topological polar surface area (TPSA) is 15.6 Å². The molecule has 0 bridgehead atoms. The third-order valence-electron chi connectivity index (χ3n) is 2.68. The van der Waals surface area contributed by atoms with Crippen LogP contribution in [0.5, 0.6) is 0 Å². The van der Waals surface area contributed by atoms with E-state index in [2.05, 4.69) is 38.0 Å². The van der Waals surface area contributed by atoms with Crippen molar-refractivity contribution in [3.8, 4) is 0 Å². The van der Waals surface area contributed by atoms with E-state index in [9.17, 15) is 0 Å². The normalized spacial score (nSPS) is 10.9. The van der Waals surface area contributed by atoms with Gasteiger partial charge in [-0.3, -0.25) is 4.99 Å². The van der Waals surface area contributed by atoms with Crippen molar-refractivity contribution < 1.29 is 0 Å². The lowest BCUT2D eigenvalue weighted by molar-refractivity contribution is 1.13. The second-order valence-electron chi connectivity index (χ2n) is 4.34. The first-order valence-electron chi connectivity index (χ1n) is 5.83. The van der Waals surface area contributed by atoms with E-state index >= 15 is 0 Å². The molecule has 0 N–H and O–H groups in total. The molecule has 0 aliphatic rings. The summed E-state index contributed by atoms with van der Waals surface area (Å²) in [6.45, 7) is 0. The summed E-state index contributed by atoms with van der Waals surface area (Å²) >= 11 is 9.38. The summed E-state index contributed by atoms with van der Waals surface area (Å²) in [5, 5.41) is 0.664. The third kappa shape index (κ3) is 3.82. The van der Waals surface area contributed by atoms with Gasteiger partial charge in [-0.1, -0.05) is 23.7 Å². The Hall–Kier alpha value is -1.32. The number of anilines is 1.